The van der Waals surface area contributed by atoms with Crippen molar-refractivity contribution in [2.45, 2.75) is 46.3 Å². The van der Waals surface area contributed by atoms with Crippen molar-refractivity contribution in [3.63, 3.8) is 0 Å². The van der Waals surface area contributed by atoms with Crippen LogP contribution in [0.15, 0.2) is 0 Å². The van der Waals surface area contributed by atoms with Gasteiger partial charge in [0.05, 0.1) is 0 Å². The lowest BCUT2D eigenvalue weighted by Gasteiger charge is -2.10. The summed E-state index contributed by atoms with van der Waals surface area (Å²) in [5.74, 6) is 1.44. The zero-order valence-corrected chi connectivity index (χ0v) is 8.58. The molecule has 3 nitrogen and oxygen atoms in total. The number of alkyl halides is 1. The van der Waals surface area contributed by atoms with Crippen LogP contribution in [0.5, 0.6) is 0 Å². The number of aromatic nitrogens is 3. The molecule has 0 aliphatic rings. The molecule has 4 heteroatoms. The zero-order chi connectivity index (χ0) is 10.0. The van der Waals surface area contributed by atoms with Gasteiger partial charge in [0.2, 0.25) is 0 Å². The smallest absolute Gasteiger partial charge is 0.181 e. The third-order valence-electron chi connectivity index (χ3n) is 1.83. The molecular weight excluding hydrogens is 169 g/mol. The number of halogens is 1. The largest absolute Gasteiger partial charge is 0.247 e. The monoisotopic (exact) mass is 185 g/mol. The average molecular weight is 185 g/mol. The van der Waals surface area contributed by atoms with Gasteiger partial charge in [0.25, 0.3) is 0 Å². The van der Waals surface area contributed by atoms with Gasteiger partial charge in [-0.15, -0.1) is 0 Å². The lowest BCUT2D eigenvalue weighted by molar-refractivity contribution is 0.449. The van der Waals surface area contributed by atoms with Gasteiger partial charge < -0.3 is 0 Å². The Bertz CT molecular complexity index is 253. The first-order chi connectivity index (χ1) is 6.06. The molecule has 1 aromatic heterocycles. The summed E-state index contributed by atoms with van der Waals surface area (Å²) in [6.45, 7) is 7.51. The van der Waals surface area contributed by atoms with Crippen molar-refractivity contribution >= 4 is 0 Å². The van der Waals surface area contributed by atoms with Gasteiger partial charge in [-0.3, -0.25) is 0 Å². The van der Waals surface area contributed by atoms with Crippen LogP contribution in [-0.2, 0) is 6.67 Å². The Morgan fingerprint density at radius 2 is 1.92 bits per heavy atom. The van der Waals surface area contributed by atoms with E-state index in [0.29, 0.717) is 0 Å². The molecule has 0 saturated heterocycles. The summed E-state index contributed by atoms with van der Waals surface area (Å²) in [6.07, 6.45) is 0. The molecule has 0 fully saturated rings. The van der Waals surface area contributed by atoms with E-state index >= 15 is 0 Å². The van der Waals surface area contributed by atoms with Crippen molar-refractivity contribution in [2.75, 3.05) is 0 Å². The minimum absolute atomic E-state index is 0.241. The van der Waals surface area contributed by atoms with E-state index < -0.39 is 6.67 Å². The molecule has 0 radical (unpaired) electrons. The highest BCUT2D eigenvalue weighted by Gasteiger charge is 2.14. The molecule has 0 amide bonds. The van der Waals surface area contributed by atoms with Gasteiger partial charge >= 0.3 is 0 Å². The Morgan fingerprint density at radius 3 is 2.23 bits per heavy atom. The highest BCUT2D eigenvalue weighted by Crippen LogP contribution is 2.16. The van der Waals surface area contributed by atoms with Crippen LogP contribution in [0.25, 0.3) is 0 Å². The summed E-state index contributed by atoms with van der Waals surface area (Å²) >= 11 is 0. The maximum atomic E-state index is 12.3. The van der Waals surface area contributed by atoms with Crippen LogP contribution >= 0.6 is 0 Å². The van der Waals surface area contributed by atoms with Gasteiger partial charge in [-0.1, -0.05) is 13.8 Å². The van der Waals surface area contributed by atoms with Crippen LogP contribution in [0.1, 0.15) is 51.3 Å². The van der Waals surface area contributed by atoms with Gasteiger partial charge in [0.15, 0.2) is 12.5 Å². The average Bonchev–Trinajstić information content (AvgIpc) is 2.47. The van der Waals surface area contributed by atoms with Crippen LogP contribution < -0.4 is 0 Å². The van der Waals surface area contributed by atoms with Gasteiger partial charge in [-0.2, -0.15) is 5.10 Å². The molecule has 0 bridgehead atoms. The molecular formula is C9H16FN3. The third-order valence-corrected chi connectivity index (χ3v) is 1.83. The van der Waals surface area contributed by atoms with Crippen LogP contribution in [0.4, 0.5) is 4.39 Å². The molecule has 1 heterocycles. The van der Waals surface area contributed by atoms with Gasteiger partial charge in [-0.25, -0.2) is 14.1 Å². The van der Waals surface area contributed by atoms with E-state index in [2.05, 4.69) is 10.1 Å². The van der Waals surface area contributed by atoms with Gasteiger partial charge in [0.1, 0.15) is 5.82 Å². The molecule has 74 valence electrons. The SMILES string of the molecule is CC(C)c1nc(CF)nn1C(C)C. The van der Waals surface area contributed by atoms with Crippen LogP contribution in [0, 0.1) is 0 Å². The van der Waals surface area contributed by atoms with E-state index in [9.17, 15) is 4.39 Å². The van der Waals surface area contributed by atoms with Gasteiger partial charge in [-0.05, 0) is 13.8 Å². The normalized spacial score (nSPS) is 11.6. The zero-order valence-electron chi connectivity index (χ0n) is 8.58. The minimum Gasteiger partial charge on any atom is -0.247 e. The molecule has 1 aromatic rings. The molecule has 0 N–H and O–H groups in total. The Morgan fingerprint density at radius 1 is 1.31 bits per heavy atom. The number of rotatable bonds is 3. The molecule has 0 saturated carbocycles. The quantitative estimate of drug-likeness (QED) is 0.724. The van der Waals surface area contributed by atoms with Crippen molar-refractivity contribution in [1.82, 2.24) is 14.8 Å². The van der Waals surface area contributed by atoms with E-state index in [-0.39, 0.29) is 17.8 Å². The predicted molar refractivity (Wildman–Crippen MR) is 49.3 cm³/mol. The summed E-state index contributed by atoms with van der Waals surface area (Å²) in [6, 6.07) is 0.241. The number of hydrogen-bond acceptors (Lipinski definition) is 2. The molecule has 13 heavy (non-hydrogen) atoms. The molecule has 0 aliphatic carbocycles. The molecule has 0 atom stereocenters. The van der Waals surface area contributed by atoms with E-state index in [1.165, 1.54) is 0 Å². The molecule has 0 aromatic carbocycles. The molecule has 0 aliphatic heterocycles. The van der Waals surface area contributed by atoms with E-state index in [1.807, 2.05) is 27.7 Å². The lowest BCUT2D eigenvalue weighted by Crippen LogP contribution is -2.09. The predicted octanol–water partition coefficient (Wildman–Crippen LogP) is 2.45. The minimum atomic E-state index is -0.584. The summed E-state index contributed by atoms with van der Waals surface area (Å²) in [4.78, 5) is 4.13. The third kappa shape index (κ3) is 2.05. The highest BCUT2D eigenvalue weighted by atomic mass is 19.1. The van der Waals surface area contributed by atoms with Crippen LogP contribution in [-0.4, -0.2) is 14.8 Å². The maximum absolute atomic E-state index is 12.3. The number of hydrogen-bond donors (Lipinski definition) is 0. The Labute approximate surface area is 78.0 Å². The molecule has 0 unspecified atom stereocenters. The summed E-state index contributed by atoms with van der Waals surface area (Å²) in [5.41, 5.74) is 0. The fraction of sp³-hybridized carbons (Fsp3) is 0.778. The molecule has 1 rings (SSSR count). The van der Waals surface area contributed by atoms with Crippen molar-refractivity contribution in [3.8, 4) is 0 Å². The van der Waals surface area contributed by atoms with Crippen molar-refractivity contribution < 1.29 is 4.39 Å². The summed E-state index contributed by atoms with van der Waals surface area (Å²) in [5, 5.41) is 4.08. The first-order valence-corrected chi connectivity index (χ1v) is 4.57. The Balaban J connectivity index is 3.08. The summed E-state index contributed by atoms with van der Waals surface area (Å²) < 4.78 is 14.1. The van der Waals surface area contributed by atoms with Crippen LogP contribution in [0.3, 0.4) is 0 Å². The fourth-order valence-electron chi connectivity index (χ4n) is 1.21. The second kappa shape index (κ2) is 3.85. The Kier molecular flexibility index (Phi) is 3.01. The topological polar surface area (TPSA) is 30.7 Å². The van der Waals surface area contributed by atoms with E-state index in [4.69, 9.17) is 0 Å². The Hall–Kier alpha value is -0.930. The maximum Gasteiger partial charge on any atom is 0.181 e. The lowest BCUT2D eigenvalue weighted by atomic mass is 10.2. The standard InChI is InChI=1S/C9H16FN3/c1-6(2)9-11-8(5-10)12-13(9)7(3)4/h6-7H,5H2,1-4H3. The first kappa shape index (κ1) is 10.2. The second-order valence-corrected chi connectivity index (χ2v) is 3.71. The van der Waals surface area contributed by atoms with Crippen molar-refractivity contribution in [2.24, 2.45) is 0 Å². The van der Waals surface area contributed by atoms with Gasteiger partial charge in [0, 0.05) is 12.0 Å². The van der Waals surface area contributed by atoms with Crippen molar-refractivity contribution in [1.29, 1.82) is 0 Å². The second-order valence-electron chi connectivity index (χ2n) is 3.71. The van der Waals surface area contributed by atoms with Crippen LogP contribution in [0.2, 0.25) is 0 Å². The van der Waals surface area contributed by atoms with E-state index in [0.717, 1.165) is 5.82 Å². The van der Waals surface area contributed by atoms with E-state index in [1.54, 1.807) is 4.68 Å². The summed E-state index contributed by atoms with van der Waals surface area (Å²) in [7, 11) is 0. The highest BCUT2D eigenvalue weighted by molar-refractivity contribution is 4.98. The number of nitrogens with zero attached hydrogens (tertiary/aromatic N) is 3. The first-order valence-electron chi connectivity index (χ1n) is 4.57. The molecule has 0 spiro atoms. The van der Waals surface area contributed by atoms with Crippen molar-refractivity contribution in [3.05, 3.63) is 11.6 Å². The fourth-order valence-corrected chi connectivity index (χ4v) is 1.21.